The van der Waals surface area contributed by atoms with Crippen molar-refractivity contribution < 1.29 is 28.7 Å². The summed E-state index contributed by atoms with van der Waals surface area (Å²) in [6.45, 7) is 9.73. The van der Waals surface area contributed by atoms with Crippen LogP contribution in [0.3, 0.4) is 0 Å². The fourth-order valence-electron chi connectivity index (χ4n) is 7.52. The number of pyridine rings is 1. The molecule has 5 atom stereocenters. The highest BCUT2D eigenvalue weighted by Crippen LogP contribution is 2.57. The zero-order chi connectivity index (χ0) is 34.0. The van der Waals surface area contributed by atoms with Gasteiger partial charge in [0.2, 0.25) is 5.91 Å². The zero-order valence-corrected chi connectivity index (χ0v) is 28.3. The topological polar surface area (TPSA) is 103 Å². The van der Waals surface area contributed by atoms with E-state index in [-0.39, 0.29) is 55.1 Å². The van der Waals surface area contributed by atoms with Crippen molar-refractivity contribution in [3.63, 3.8) is 0 Å². The number of nitrogens with zero attached hydrogens (tertiary/aromatic N) is 2. The Balaban J connectivity index is 1.39. The summed E-state index contributed by atoms with van der Waals surface area (Å²) in [5, 5.41) is 0.886. The van der Waals surface area contributed by atoms with Gasteiger partial charge in [0.1, 0.15) is 17.6 Å². The lowest BCUT2D eigenvalue weighted by Crippen LogP contribution is -2.46. The van der Waals surface area contributed by atoms with Gasteiger partial charge in [0.05, 0.1) is 42.7 Å². The molecule has 1 amide bonds. The highest BCUT2D eigenvalue weighted by atomic mass is 16.5. The van der Waals surface area contributed by atoms with E-state index in [9.17, 15) is 19.2 Å². The second kappa shape index (κ2) is 14.0. The van der Waals surface area contributed by atoms with E-state index in [2.05, 4.69) is 18.7 Å². The third-order valence-electron chi connectivity index (χ3n) is 10.6. The number of esters is 1. The highest BCUT2D eigenvalue weighted by Gasteiger charge is 2.58. The molecule has 0 spiro atoms. The number of ketones is 2. The summed E-state index contributed by atoms with van der Waals surface area (Å²) < 4.78 is 12.4. The number of Topliss-reactive ketones (excluding diaryl/α,β-unsaturated/α-hetero) is 2. The molecule has 1 aromatic heterocycles. The Morgan fingerprint density at radius 1 is 1.08 bits per heavy atom. The second-order valence-corrected chi connectivity index (χ2v) is 14.2. The van der Waals surface area contributed by atoms with Gasteiger partial charge in [0.15, 0.2) is 5.78 Å². The number of cyclic esters (lactones) is 1. The van der Waals surface area contributed by atoms with E-state index < -0.39 is 29.4 Å². The van der Waals surface area contributed by atoms with E-state index in [4.69, 9.17) is 14.5 Å². The summed E-state index contributed by atoms with van der Waals surface area (Å²) >= 11 is 0. The van der Waals surface area contributed by atoms with Crippen LogP contribution in [0, 0.1) is 23.2 Å². The first kappa shape index (κ1) is 33.6. The quantitative estimate of drug-likeness (QED) is 0.202. The molecule has 3 aromatic rings. The monoisotopic (exact) mass is 650 g/mol. The van der Waals surface area contributed by atoms with E-state index in [1.807, 2.05) is 56.3 Å². The molecular weight excluding hydrogens is 604 g/mol. The number of hydrogen-bond donors (Lipinski definition) is 0. The Morgan fingerprint density at radius 2 is 1.88 bits per heavy atom. The SMILES string of the molecule is C=C[C@@H]1C[C@]1(CC(=O)[C@@H]1C[C@@H]2CN1C(=O)[C@H](C(C)C)CC(=O)OCCCCCc1ccc3nc(-c4ccccc4)cc(c3c1)O2)C(C)=O. The standard InChI is InChI=1S/C40H46N2O6/c1-5-29-22-40(29,26(4)43)23-36(44)35-19-30-24-42(35)39(46)31(25(2)3)20-38(45)47-17-11-7-8-12-27-15-16-33-32(18-27)37(48-30)21-34(41-33)28-13-9-6-10-14-28/h5-6,9-10,13-16,18,21,25,29-31,35H,1,7-8,11-12,17,19-20,22-24H2,2-4H3/t29-,30-,31+,35+,40+/m1/s1. The predicted molar refractivity (Wildman–Crippen MR) is 184 cm³/mol. The maximum absolute atomic E-state index is 14.3. The first-order chi connectivity index (χ1) is 23.1. The molecule has 48 heavy (non-hydrogen) atoms. The van der Waals surface area contributed by atoms with Crippen LogP contribution in [0.1, 0.15) is 71.3 Å². The number of hydrogen-bond acceptors (Lipinski definition) is 7. The van der Waals surface area contributed by atoms with Gasteiger partial charge in [0.25, 0.3) is 0 Å². The minimum atomic E-state index is -0.776. The maximum Gasteiger partial charge on any atom is 0.306 e. The van der Waals surface area contributed by atoms with Crippen molar-refractivity contribution in [2.75, 3.05) is 13.2 Å². The zero-order valence-electron chi connectivity index (χ0n) is 28.3. The highest BCUT2D eigenvalue weighted by molar-refractivity contribution is 5.97. The van der Waals surface area contributed by atoms with Crippen LogP contribution in [0.25, 0.3) is 22.2 Å². The molecule has 8 heteroatoms. The van der Waals surface area contributed by atoms with Gasteiger partial charge in [-0.25, -0.2) is 4.98 Å². The van der Waals surface area contributed by atoms with Gasteiger partial charge >= 0.3 is 5.97 Å². The van der Waals surface area contributed by atoms with Crippen LogP contribution in [-0.4, -0.2) is 58.6 Å². The summed E-state index contributed by atoms with van der Waals surface area (Å²) in [5.74, 6) is -1.04. The van der Waals surface area contributed by atoms with E-state index in [0.717, 1.165) is 53.4 Å². The first-order valence-electron chi connectivity index (χ1n) is 17.4. The van der Waals surface area contributed by atoms with Crippen molar-refractivity contribution in [1.82, 2.24) is 9.88 Å². The summed E-state index contributed by atoms with van der Waals surface area (Å²) in [6, 6.07) is 17.4. The molecule has 1 saturated heterocycles. The Morgan fingerprint density at radius 3 is 2.58 bits per heavy atom. The van der Waals surface area contributed by atoms with Crippen LogP contribution in [0.2, 0.25) is 0 Å². The summed E-state index contributed by atoms with van der Waals surface area (Å²) in [7, 11) is 0. The number of aryl methyl sites for hydroxylation is 1. The van der Waals surface area contributed by atoms with E-state index >= 15 is 0 Å². The van der Waals surface area contributed by atoms with Gasteiger partial charge in [-0.3, -0.25) is 19.2 Å². The fourth-order valence-corrected chi connectivity index (χ4v) is 7.52. The average Bonchev–Trinajstić information content (AvgIpc) is 3.64. The van der Waals surface area contributed by atoms with Crippen molar-refractivity contribution in [2.45, 2.75) is 84.3 Å². The number of aromatic nitrogens is 1. The number of allylic oxidation sites excluding steroid dienone is 1. The van der Waals surface area contributed by atoms with Crippen LogP contribution >= 0.6 is 0 Å². The lowest BCUT2D eigenvalue weighted by atomic mass is 9.88. The van der Waals surface area contributed by atoms with Crippen LogP contribution in [-0.2, 0) is 30.3 Å². The third kappa shape index (κ3) is 6.94. The number of benzene rings is 2. The van der Waals surface area contributed by atoms with E-state index in [1.54, 1.807) is 11.0 Å². The molecule has 4 bridgehead atoms. The Kier molecular flexibility index (Phi) is 9.81. The van der Waals surface area contributed by atoms with Crippen molar-refractivity contribution in [3.8, 4) is 17.0 Å². The van der Waals surface area contributed by atoms with Gasteiger partial charge in [-0.2, -0.15) is 0 Å². The smallest absolute Gasteiger partial charge is 0.306 e. The van der Waals surface area contributed by atoms with E-state index in [0.29, 0.717) is 18.8 Å². The Hall–Kier alpha value is -4.33. The minimum Gasteiger partial charge on any atom is -0.488 e. The molecule has 2 fully saturated rings. The van der Waals surface area contributed by atoms with Gasteiger partial charge in [-0.15, -0.1) is 6.58 Å². The normalized spacial score (nSPS) is 26.5. The van der Waals surface area contributed by atoms with Crippen LogP contribution in [0.4, 0.5) is 0 Å². The number of carbonyl (C=O) groups is 4. The number of amides is 1. The Bertz CT molecular complexity index is 1720. The lowest BCUT2D eigenvalue weighted by Gasteiger charge is -2.30. The summed E-state index contributed by atoms with van der Waals surface area (Å²) in [5.41, 5.74) is 2.94. The third-order valence-corrected chi connectivity index (χ3v) is 10.6. The number of carbonyl (C=O) groups excluding carboxylic acids is 4. The molecule has 1 saturated carbocycles. The van der Waals surface area contributed by atoms with Crippen LogP contribution in [0.15, 0.2) is 67.3 Å². The molecule has 3 aliphatic rings. The molecule has 6 rings (SSSR count). The van der Waals surface area contributed by atoms with Crippen molar-refractivity contribution in [2.24, 2.45) is 23.2 Å². The van der Waals surface area contributed by atoms with Crippen LogP contribution in [0.5, 0.6) is 5.75 Å². The average molecular weight is 651 g/mol. The molecular formula is C40H46N2O6. The van der Waals surface area contributed by atoms with Crippen molar-refractivity contribution >= 4 is 34.3 Å². The summed E-state index contributed by atoms with van der Waals surface area (Å²) in [6.07, 6.45) is 5.60. The largest absolute Gasteiger partial charge is 0.488 e. The lowest BCUT2D eigenvalue weighted by molar-refractivity contribution is -0.151. The van der Waals surface area contributed by atoms with Crippen LogP contribution < -0.4 is 4.74 Å². The molecule has 3 heterocycles. The molecule has 8 nitrogen and oxygen atoms in total. The number of fused-ring (bicyclic) bond motifs is 3. The van der Waals surface area contributed by atoms with Gasteiger partial charge in [-0.05, 0) is 68.6 Å². The molecule has 2 aliphatic heterocycles. The molecule has 0 N–H and O–H groups in total. The number of ether oxygens (including phenoxy) is 2. The summed E-state index contributed by atoms with van der Waals surface area (Å²) in [4.78, 5) is 60.7. The van der Waals surface area contributed by atoms with Crippen molar-refractivity contribution in [1.29, 1.82) is 0 Å². The molecule has 0 radical (unpaired) electrons. The maximum atomic E-state index is 14.3. The first-order valence-corrected chi connectivity index (χ1v) is 17.4. The molecule has 2 aromatic carbocycles. The minimum absolute atomic E-state index is 0.0305. The molecule has 1 aliphatic carbocycles. The van der Waals surface area contributed by atoms with Gasteiger partial charge < -0.3 is 14.4 Å². The molecule has 252 valence electrons. The van der Waals surface area contributed by atoms with E-state index in [1.165, 1.54) is 6.92 Å². The fraction of sp³-hybridized carbons (Fsp3) is 0.475. The van der Waals surface area contributed by atoms with Gasteiger partial charge in [0, 0.05) is 35.3 Å². The molecule has 0 unspecified atom stereocenters. The van der Waals surface area contributed by atoms with Gasteiger partial charge in [-0.1, -0.05) is 56.3 Å². The predicted octanol–water partition coefficient (Wildman–Crippen LogP) is 6.92. The second-order valence-electron chi connectivity index (χ2n) is 14.2. The van der Waals surface area contributed by atoms with Crippen molar-refractivity contribution in [3.05, 3.63) is 72.8 Å². The Labute approximate surface area is 282 Å². The number of rotatable bonds is 7.